The van der Waals surface area contributed by atoms with Gasteiger partial charge in [0.2, 0.25) is 5.91 Å². The first-order valence-corrected chi connectivity index (χ1v) is 11.6. The largest absolute Gasteiger partial charge is 0.490 e. The molecule has 5 nitrogen and oxygen atoms in total. The number of amides is 1. The van der Waals surface area contributed by atoms with Gasteiger partial charge < -0.3 is 9.47 Å². The van der Waals surface area contributed by atoms with Crippen molar-refractivity contribution in [2.45, 2.75) is 20.0 Å². The molecule has 160 valence electrons. The summed E-state index contributed by atoms with van der Waals surface area (Å²) in [5, 5.41) is 4.06. The summed E-state index contributed by atoms with van der Waals surface area (Å²) in [4.78, 5) is 12.1. The van der Waals surface area contributed by atoms with E-state index in [0.29, 0.717) is 24.7 Å². The molecule has 0 heterocycles. The van der Waals surface area contributed by atoms with E-state index in [1.54, 1.807) is 6.21 Å². The van der Waals surface area contributed by atoms with Gasteiger partial charge in [-0.3, -0.25) is 4.79 Å². The number of carbonyl (C=O) groups excluding carboxylic acids is 1. The highest BCUT2D eigenvalue weighted by molar-refractivity contribution is 14.1. The Morgan fingerprint density at radius 2 is 1.71 bits per heavy atom. The van der Waals surface area contributed by atoms with Gasteiger partial charge in [-0.05, 0) is 88.7 Å². The monoisotopic (exact) mass is 592 g/mol. The number of nitrogens with one attached hydrogen (secondary N) is 1. The lowest BCUT2D eigenvalue weighted by molar-refractivity contribution is -0.120. The van der Waals surface area contributed by atoms with Crippen LogP contribution in [0.2, 0.25) is 0 Å². The Morgan fingerprint density at radius 1 is 1.00 bits per heavy atom. The molecule has 1 N–H and O–H groups in total. The third-order valence-corrected chi connectivity index (χ3v) is 5.50. The van der Waals surface area contributed by atoms with Crippen LogP contribution in [0.15, 0.2) is 76.3 Å². The first-order valence-electron chi connectivity index (χ1n) is 9.74. The van der Waals surface area contributed by atoms with Gasteiger partial charge in [0.05, 0.1) is 19.2 Å². The molecule has 0 saturated heterocycles. The summed E-state index contributed by atoms with van der Waals surface area (Å²) in [6, 6.07) is 21.4. The molecule has 1 amide bonds. The van der Waals surface area contributed by atoms with Crippen molar-refractivity contribution in [2.24, 2.45) is 5.10 Å². The van der Waals surface area contributed by atoms with Crippen LogP contribution >= 0.6 is 38.5 Å². The molecule has 7 heteroatoms. The predicted octanol–water partition coefficient (Wildman–Crippen LogP) is 5.72. The second-order valence-electron chi connectivity index (χ2n) is 6.65. The smallest absolute Gasteiger partial charge is 0.244 e. The van der Waals surface area contributed by atoms with Gasteiger partial charge in [0.25, 0.3) is 0 Å². The van der Waals surface area contributed by atoms with Gasteiger partial charge in [-0.25, -0.2) is 5.43 Å². The van der Waals surface area contributed by atoms with Crippen molar-refractivity contribution in [3.63, 3.8) is 0 Å². The molecule has 0 aliphatic heterocycles. The lowest BCUT2D eigenvalue weighted by Gasteiger charge is -2.12. The summed E-state index contributed by atoms with van der Waals surface area (Å²) < 4.78 is 13.8. The summed E-state index contributed by atoms with van der Waals surface area (Å²) in [7, 11) is 0. The fraction of sp³-hybridized carbons (Fsp3) is 0.167. The number of benzene rings is 3. The van der Waals surface area contributed by atoms with E-state index in [1.165, 1.54) is 3.57 Å². The summed E-state index contributed by atoms with van der Waals surface area (Å²) in [6.45, 7) is 2.90. The van der Waals surface area contributed by atoms with Gasteiger partial charge in [0, 0.05) is 8.04 Å². The number of nitrogens with zero attached hydrogens (tertiary/aromatic N) is 1. The number of hydrogen-bond donors (Lipinski definition) is 1. The molecular formula is C24H22BrIN2O3. The average Bonchev–Trinajstić information content (AvgIpc) is 2.76. The summed E-state index contributed by atoms with van der Waals surface area (Å²) in [5.74, 6) is 1.12. The summed E-state index contributed by atoms with van der Waals surface area (Å²) >= 11 is 5.66. The molecule has 0 unspecified atom stereocenters. The molecule has 0 aromatic heterocycles. The van der Waals surface area contributed by atoms with Gasteiger partial charge in [-0.15, -0.1) is 0 Å². The van der Waals surface area contributed by atoms with E-state index >= 15 is 0 Å². The average molecular weight is 593 g/mol. The maximum Gasteiger partial charge on any atom is 0.244 e. The maximum atomic E-state index is 12.1. The molecule has 0 saturated carbocycles. The van der Waals surface area contributed by atoms with Crippen LogP contribution in [0.4, 0.5) is 0 Å². The number of carbonyl (C=O) groups is 1. The second kappa shape index (κ2) is 11.9. The van der Waals surface area contributed by atoms with Crippen molar-refractivity contribution < 1.29 is 14.3 Å². The normalized spacial score (nSPS) is 10.8. The third-order valence-electron chi connectivity index (χ3n) is 4.26. The van der Waals surface area contributed by atoms with E-state index in [-0.39, 0.29) is 12.3 Å². The van der Waals surface area contributed by atoms with Gasteiger partial charge in [0.1, 0.15) is 6.61 Å². The quantitative estimate of drug-likeness (QED) is 0.196. The minimum absolute atomic E-state index is 0.180. The number of halogens is 2. The Balaban J connectivity index is 1.59. The zero-order valence-corrected chi connectivity index (χ0v) is 20.7. The number of hydrazone groups is 1. The minimum Gasteiger partial charge on any atom is -0.490 e. The van der Waals surface area contributed by atoms with Crippen molar-refractivity contribution in [3.8, 4) is 11.5 Å². The molecule has 3 aromatic carbocycles. The Labute approximate surface area is 204 Å². The molecular weight excluding hydrogens is 571 g/mol. The van der Waals surface area contributed by atoms with Gasteiger partial charge >= 0.3 is 0 Å². The molecule has 0 spiro atoms. The second-order valence-corrected chi connectivity index (χ2v) is 8.81. The van der Waals surface area contributed by atoms with Gasteiger partial charge in [-0.1, -0.05) is 40.2 Å². The first kappa shape index (κ1) is 23.3. The number of hydrogen-bond acceptors (Lipinski definition) is 4. The van der Waals surface area contributed by atoms with Crippen LogP contribution in [0.1, 0.15) is 23.6 Å². The Bertz CT molecular complexity index is 1040. The van der Waals surface area contributed by atoms with Crippen LogP contribution in [-0.4, -0.2) is 18.7 Å². The van der Waals surface area contributed by atoms with Crippen LogP contribution in [0.5, 0.6) is 11.5 Å². The van der Waals surface area contributed by atoms with Crippen LogP contribution in [-0.2, 0) is 17.8 Å². The highest BCUT2D eigenvalue weighted by Crippen LogP contribution is 2.29. The van der Waals surface area contributed by atoms with Crippen LogP contribution in [0, 0.1) is 3.57 Å². The van der Waals surface area contributed by atoms with E-state index < -0.39 is 0 Å². The van der Waals surface area contributed by atoms with E-state index in [1.807, 2.05) is 73.7 Å². The Hall–Kier alpha value is -2.39. The minimum atomic E-state index is -0.180. The molecule has 0 bridgehead atoms. The SMILES string of the molecule is CCOc1cc(/C=N\NC(=O)Cc2ccc(Br)cc2)ccc1OCc1ccc(I)cc1. The van der Waals surface area contributed by atoms with E-state index in [4.69, 9.17) is 9.47 Å². The molecule has 0 atom stereocenters. The van der Waals surface area contributed by atoms with Crippen LogP contribution < -0.4 is 14.9 Å². The van der Waals surface area contributed by atoms with Gasteiger partial charge in [-0.2, -0.15) is 5.10 Å². The highest BCUT2D eigenvalue weighted by atomic mass is 127. The third kappa shape index (κ3) is 7.66. The predicted molar refractivity (Wildman–Crippen MR) is 135 cm³/mol. The number of rotatable bonds is 9. The van der Waals surface area contributed by atoms with Crippen LogP contribution in [0.25, 0.3) is 0 Å². The zero-order valence-electron chi connectivity index (χ0n) is 17.0. The molecule has 0 radical (unpaired) electrons. The van der Waals surface area contributed by atoms with Crippen molar-refractivity contribution in [1.29, 1.82) is 0 Å². The lowest BCUT2D eigenvalue weighted by Crippen LogP contribution is -2.19. The van der Waals surface area contributed by atoms with E-state index in [9.17, 15) is 4.79 Å². The fourth-order valence-electron chi connectivity index (χ4n) is 2.74. The van der Waals surface area contributed by atoms with Crippen molar-refractivity contribution in [1.82, 2.24) is 5.43 Å². The molecule has 0 fully saturated rings. The topological polar surface area (TPSA) is 59.9 Å². The summed E-state index contributed by atoms with van der Waals surface area (Å²) in [6.07, 6.45) is 1.85. The van der Waals surface area contributed by atoms with Crippen molar-refractivity contribution in [3.05, 3.63) is 91.5 Å². The van der Waals surface area contributed by atoms with Gasteiger partial charge in [0.15, 0.2) is 11.5 Å². The fourth-order valence-corrected chi connectivity index (χ4v) is 3.36. The number of ether oxygens (including phenoxy) is 2. The summed E-state index contributed by atoms with van der Waals surface area (Å²) in [5.41, 5.74) is 5.36. The maximum absolute atomic E-state index is 12.1. The van der Waals surface area contributed by atoms with Crippen molar-refractivity contribution >= 4 is 50.6 Å². The highest BCUT2D eigenvalue weighted by Gasteiger charge is 2.07. The standard InChI is InChI=1S/C24H22BrIN2O3/c1-2-30-23-13-19(7-12-22(23)31-16-18-5-10-21(26)11-6-18)15-27-28-24(29)14-17-3-8-20(25)9-4-17/h3-13,15H,2,14,16H2,1H3,(H,28,29)/b27-15-. The molecule has 0 aliphatic carbocycles. The zero-order chi connectivity index (χ0) is 22.1. The first-order chi connectivity index (χ1) is 15.0. The van der Waals surface area contributed by atoms with Crippen LogP contribution in [0.3, 0.4) is 0 Å². The van der Waals surface area contributed by atoms with E-state index in [2.05, 4.69) is 49.0 Å². The van der Waals surface area contributed by atoms with Crippen molar-refractivity contribution in [2.75, 3.05) is 6.61 Å². The molecule has 3 rings (SSSR count). The molecule has 3 aromatic rings. The Kier molecular flexibility index (Phi) is 8.90. The Morgan fingerprint density at radius 3 is 2.42 bits per heavy atom. The lowest BCUT2D eigenvalue weighted by atomic mass is 10.1. The molecule has 31 heavy (non-hydrogen) atoms. The molecule has 0 aliphatic rings. The van der Waals surface area contributed by atoms with E-state index in [0.717, 1.165) is 21.2 Å².